The molecule has 0 spiro atoms. The Labute approximate surface area is 327 Å². The van der Waals surface area contributed by atoms with Crippen LogP contribution in [0.15, 0.2) is 29.6 Å². The van der Waals surface area contributed by atoms with E-state index in [0.717, 1.165) is 31.4 Å². The van der Waals surface area contributed by atoms with Gasteiger partial charge in [0, 0.05) is 61.3 Å². The van der Waals surface area contributed by atoms with Crippen LogP contribution in [0.25, 0.3) is 0 Å². The van der Waals surface area contributed by atoms with Gasteiger partial charge in [-0.1, -0.05) is 60.1 Å². The van der Waals surface area contributed by atoms with Crippen LogP contribution in [-0.2, 0) is 30.3 Å². The SMILES string of the molecule is CC[C@H](C)[C@H](CC(=O)[C@H]1C[C@H](C)CCN1C)C(=O)N(CC)[C@H](C[C@@H](OC(C)=O)c1nc(C(=O)N[C@@H](Cc2ccc(N)cc2)C[C@H](C)C(C)=O)cs1)C(C)C. The van der Waals surface area contributed by atoms with E-state index in [9.17, 15) is 24.0 Å². The van der Waals surface area contributed by atoms with Crippen molar-refractivity contribution in [2.24, 2.45) is 29.6 Å². The Balaban J connectivity index is 1.85. The summed E-state index contributed by atoms with van der Waals surface area (Å²) in [6.07, 6.45) is 3.27. The summed E-state index contributed by atoms with van der Waals surface area (Å²) in [4.78, 5) is 75.2. The lowest BCUT2D eigenvalue weighted by molar-refractivity contribution is -0.150. The van der Waals surface area contributed by atoms with Gasteiger partial charge in [-0.15, -0.1) is 11.3 Å². The largest absolute Gasteiger partial charge is 0.455 e. The first-order chi connectivity index (χ1) is 25.4. The second-order valence-corrected chi connectivity index (χ2v) is 16.9. The number of thiazole rings is 1. The molecule has 0 aliphatic carbocycles. The number of esters is 1. The number of ketones is 2. The number of piperidine rings is 1. The minimum absolute atomic E-state index is 0.00113. The van der Waals surface area contributed by atoms with Crippen molar-refractivity contribution in [2.75, 3.05) is 25.9 Å². The van der Waals surface area contributed by atoms with Crippen LogP contribution in [0.5, 0.6) is 0 Å². The van der Waals surface area contributed by atoms with Crippen LogP contribution >= 0.6 is 11.3 Å². The Morgan fingerprint density at radius 3 is 2.30 bits per heavy atom. The number of ether oxygens (including phenoxy) is 1. The third kappa shape index (κ3) is 12.7. The van der Waals surface area contributed by atoms with Gasteiger partial charge in [-0.3, -0.25) is 28.9 Å². The molecule has 1 aromatic carbocycles. The number of nitrogens with two attached hydrogens (primary N) is 1. The van der Waals surface area contributed by atoms with Crippen molar-refractivity contribution in [2.45, 2.75) is 131 Å². The Morgan fingerprint density at radius 2 is 1.72 bits per heavy atom. The van der Waals surface area contributed by atoms with Crippen molar-refractivity contribution >= 4 is 46.4 Å². The van der Waals surface area contributed by atoms with E-state index in [4.69, 9.17) is 10.5 Å². The maximum Gasteiger partial charge on any atom is 0.303 e. The number of amides is 2. The van der Waals surface area contributed by atoms with Crippen LogP contribution in [0.1, 0.15) is 128 Å². The molecule has 54 heavy (non-hydrogen) atoms. The van der Waals surface area contributed by atoms with E-state index in [0.29, 0.717) is 36.0 Å². The predicted molar refractivity (Wildman–Crippen MR) is 215 cm³/mol. The number of Topliss-reactive ketones (excluding diaryl/α,β-unsaturated/α-hetero) is 2. The van der Waals surface area contributed by atoms with Gasteiger partial charge in [0.2, 0.25) is 5.91 Å². The molecule has 300 valence electrons. The topological polar surface area (TPSA) is 152 Å². The quantitative estimate of drug-likeness (QED) is 0.108. The summed E-state index contributed by atoms with van der Waals surface area (Å²) in [5, 5.41) is 5.19. The average Bonchev–Trinajstić information content (AvgIpc) is 3.62. The fourth-order valence-corrected chi connectivity index (χ4v) is 8.31. The molecule has 11 nitrogen and oxygen atoms in total. The van der Waals surface area contributed by atoms with Crippen LogP contribution in [0, 0.1) is 29.6 Å². The minimum atomic E-state index is -0.798. The van der Waals surface area contributed by atoms with E-state index < -0.39 is 18.0 Å². The number of likely N-dealkylation sites (tertiary alicyclic amines) is 1. The zero-order valence-electron chi connectivity index (χ0n) is 34.2. The van der Waals surface area contributed by atoms with Gasteiger partial charge in [0.25, 0.3) is 5.91 Å². The lowest BCUT2D eigenvalue weighted by atomic mass is 9.81. The van der Waals surface area contributed by atoms with Crippen molar-refractivity contribution in [1.82, 2.24) is 20.1 Å². The normalized spacial score (nSPS) is 19.6. The van der Waals surface area contributed by atoms with E-state index in [1.165, 1.54) is 18.3 Å². The van der Waals surface area contributed by atoms with Crippen LogP contribution in [-0.4, -0.2) is 82.4 Å². The number of nitrogens with one attached hydrogen (secondary N) is 1. The van der Waals surface area contributed by atoms with Gasteiger partial charge >= 0.3 is 5.97 Å². The summed E-state index contributed by atoms with van der Waals surface area (Å²) in [5.41, 5.74) is 7.68. The summed E-state index contributed by atoms with van der Waals surface area (Å²) in [7, 11) is 2.00. The predicted octanol–water partition coefficient (Wildman–Crippen LogP) is 6.90. The highest BCUT2D eigenvalue weighted by Crippen LogP contribution is 2.34. The number of anilines is 1. The van der Waals surface area contributed by atoms with E-state index >= 15 is 0 Å². The van der Waals surface area contributed by atoms with Crippen LogP contribution in [0.3, 0.4) is 0 Å². The lowest BCUT2D eigenvalue weighted by Gasteiger charge is -2.39. The number of benzene rings is 1. The number of likely N-dealkylation sites (N-methyl/N-ethyl adjacent to an activating group) is 1. The van der Waals surface area contributed by atoms with Crippen molar-refractivity contribution in [3.8, 4) is 0 Å². The maximum absolute atomic E-state index is 14.5. The Morgan fingerprint density at radius 1 is 1.06 bits per heavy atom. The number of nitrogens with zero attached hydrogens (tertiary/aromatic N) is 3. The molecular weight excluding hydrogens is 703 g/mol. The van der Waals surface area contributed by atoms with Crippen molar-refractivity contribution in [3.63, 3.8) is 0 Å². The summed E-state index contributed by atoms with van der Waals surface area (Å²) in [6, 6.07) is 6.59. The molecule has 0 unspecified atom stereocenters. The van der Waals surface area contributed by atoms with Crippen molar-refractivity contribution < 1.29 is 28.7 Å². The fourth-order valence-electron chi connectivity index (χ4n) is 7.47. The highest BCUT2D eigenvalue weighted by Gasteiger charge is 2.39. The molecule has 3 N–H and O–H groups in total. The van der Waals surface area contributed by atoms with Gasteiger partial charge in [-0.25, -0.2) is 4.98 Å². The summed E-state index contributed by atoms with van der Waals surface area (Å²) in [5.74, 6) is -1.04. The third-order valence-corrected chi connectivity index (χ3v) is 12.2. The molecule has 1 aliphatic rings. The molecule has 1 saturated heterocycles. The second kappa shape index (κ2) is 20.9. The Hall–Kier alpha value is -3.64. The van der Waals surface area contributed by atoms with Gasteiger partial charge in [-0.2, -0.15) is 0 Å². The smallest absolute Gasteiger partial charge is 0.303 e. The van der Waals surface area contributed by atoms with E-state index in [1.807, 2.05) is 70.8 Å². The van der Waals surface area contributed by atoms with Gasteiger partial charge in [0.05, 0.1) is 6.04 Å². The van der Waals surface area contributed by atoms with Gasteiger partial charge < -0.3 is 20.7 Å². The first-order valence-corrected chi connectivity index (χ1v) is 20.6. The first kappa shape index (κ1) is 44.8. The number of hydrogen-bond donors (Lipinski definition) is 2. The van der Waals surface area contributed by atoms with Crippen LogP contribution in [0.2, 0.25) is 0 Å². The first-order valence-electron chi connectivity index (χ1n) is 19.8. The Bertz CT molecular complexity index is 1560. The highest BCUT2D eigenvalue weighted by molar-refractivity contribution is 7.09. The molecule has 0 bridgehead atoms. The van der Waals surface area contributed by atoms with E-state index in [1.54, 1.807) is 12.3 Å². The molecule has 1 fully saturated rings. The average molecular weight is 768 g/mol. The van der Waals surface area contributed by atoms with Crippen molar-refractivity contribution in [3.05, 3.63) is 45.9 Å². The number of aromatic nitrogens is 1. The number of nitrogen functional groups attached to an aromatic ring is 1. The molecule has 0 radical (unpaired) electrons. The van der Waals surface area contributed by atoms with Crippen molar-refractivity contribution in [1.29, 1.82) is 0 Å². The van der Waals surface area contributed by atoms with Crippen LogP contribution in [0.4, 0.5) is 5.69 Å². The fraction of sp³-hybridized carbons (Fsp3) is 0.667. The minimum Gasteiger partial charge on any atom is -0.455 e. The van der Waals surface area contributed by atoms with E-state index in [2.05, 4.69) is 29.0 Å². The molecule has 12 heteroatoms. The number of hydrogen-bond acceptors (Lipinski definition) is 10. The second-order valence-electron chi connectivity index (χ2n) is 16.0. The maximum atomic E-state index is 14.5. The molecule has 0 saturated carbocycles. The zero-order valence-corrected chi connectivity index (χ0v) is 35.0. The highest BCUT2D eigenvalue weighted by atomic mass is 32.1. The lowest BCUT2D eigenvalue weighted by Crippen LogP contribution is -2.50. The third-order valence-electron chi connectivity index (χ3n) is 11.3. The molecule has 2 heterocycles. The molecule has 3 rings (SSSR count). The zero-order chi connectivity index (χ0) is 40.3. The summed E-state index contributed by atoms with van der Waals surface area (Å²) >= 11 is 1.23. The summed E-state index contributed by atoms with van der Waals surface area (Å²) in [6.45, 7) is 18.3. The van der Waals surface area contributed by atoms with Gasteiger partial charge in [-0.05, 0) is 88.6 Å². The molecule has 2 aromatic rings. The molecule has 1 aromatic heterocycles. The van der Waals surface area contributed by atoms with E-state index in [-0.39, 0.29) is 77.8 Å². The molecule has 2 amide bonds. The van der Waals surface area contributed by atoms with Crippen LogP contribution < -0.4 is 11.1 Å². The van der Waals surface area contributed by atoms with Gasteiger partial charge in [0.1, 0.15) is 16.5 Å². The molecular formula is C42H65N5O6S. The van der Waals surface area contributed by atoms with Gasteiger partial charge in [0.15, 0.2) is 11.9 Å². The summed E-state index contributed by atoms with van der Waals surface area (Å²) < 4.78 is 5.86. The standard InChI is InChI=1S/C42H65N5O6S/c1-11-27(6)34(22-38(50)37-19-26(5)17-18-46(37)10)42(52)47(12-2)36(25(3)4)23-39(53-30(9)49)41-45-35(24-54-41)40(51)44-33(20-28(7)29(8)48)21-31-13-15-32(43)16-14-31/h13-16,24-28,33-34,36-37,39H,11-12,17-23,43H2,1-10H3,(H,44,51)/t26-,27+,28+,33-,34+,36-,37-,39-/m1/s1. The number of carbonyl (C=O) groups is 5. The number of rotatable bonds is 20. The molecule has 1 aliphatic heterocycles. The molecule has 8 atom stereocenters. The number of carbonyl (C=O) groups excluding carboxylic acids is 5. The Kier molecular flexibility index (Phi) is 17.3. The monoisotopic (exact) mass is 767 g/mol.